The average molecular weight is 310 g/mol. The number of benzene rings is 1. The molecule has 0 aliphatic carbocycles. The first-order valence-electron chi connectivity index (χ1n) is 8.14. The highest BCUT2D eigenvalue weighted by Crippen LogP contribution is 2.33. The summed E-state index contributed by atoms with van der Waals surface area (Å²) in [5, 5.41) is 1.19. The summed E-state index contributed by atoms with van der Waals surface area (Å²) in [7, 11) is 2.10. The van der Waals surface area contributed by atoms with Gasteiger partial charge in [0.05, 0.1) is 17.7 Å². The zero-order chi connectivity index (χ0) is 16.1. The van der Waals surface area contributed by atoms with Gasteiger partial charge in [0, 0.05) is 25.5 Å². The Morgan fingerprint density at radius 1 is 1.13 bits per heavy atom. The van der Waals surface area contributed by atoms with Gasteiger partial charge in [0.15, 0.2) is 5.82 Å². The molecule has 2 aromatic heterocycles. The van der Waals surface area contributed by atoms with Crippen molar-refractivity contribution in [3.05, 3.63) is 30.1 Å². The molecule has 5 nitrogen and oxygen atoms in total. The van der Waals surface area contributed by atoms with E-state index in [0.717, 1.165) is 29.9 Å². The molecule has 0 saturated carbocycles. The first-order valence-corrected chi connectivity index (χ1v) is 8.14. The molecule has 120 valence electrons. The fourth-order valence-corrected chi connectivity index (χ4v) is 3.71. The summed E-state index contributed by atoms with van der Waals surface area (Å²) in [6.45, 7) is 8.07. The molecule has 0 unspecified atom stereocenters. The third-order valence-electron chi connectivity index (χ3n) is 4.63. The standard InChI is InChI=1S/C18H22N4O/c1-11-5-6-15-14(7-11)16-17(21(15)4)18(20-10-19-16)22-8-12(2)23-13(3)9-22/h5-7,10,12-13H,8-9H2,1-4H3/t12-,13-/m1/s1. The van der Waals surface area contributed by atoms with E-state index < -0.39 is 0 Å². The molecule has 23 heavy (non-hydrogen) atoms. The van der Waals surface area contributed by atoms with Gasteiger partial charge in [0.1, 0.15) is 17.4 Å². The molecule has 2 atom stereocenters. The van der Waals surface area contributed by atoms with Gasteiger partial charge >= 0.3 is 0 Å². The van der Waals surface area contributed by atoms with Crippen LogP contribution in [0.2, 0.25) is 0 Å². The molecule has 1 fully saturated rings. The van der Waals surface area contributed by atoms with Gasteiger partial charge in [-0.05, 0) is 32.9 Å². The van der Waals surface area contributed by atoms with Gasteiger partial charge in [-0.1, -0.05) is 11.6 Å². The third kappa shape index (κ3) is 2.27. The minimum absolute atomic E-state index is 0.209. The Bertz CT molecular complexity index is 875. The number of nitrogens with zero attached hydrogens (tertiary/aromatic N) is 4. The number of hydrogen-bond donors (Lipinski definition) is 0. The van der Waals surface area contributed by atoms with E-state index in [2.05, 4.69) is 65.5 Å². The summed E-state index contributed by atoms with van der Waals surface area (Å²) in [4.78, 5) is 11.5. The van der Waals surface area contributed by atoms with Crippen LogP contribution >= 0.6 is 0 Å². The molecule has 0 radical (unpaired) electrons. The highest BCUT2D eigenvalue weighted by atomic mass is 16.5. The average Bonchev–Trinajstić information content (AvgIpc) is 2.79. The van der Waals surface area contributed by atoms with E-state index in [1.54, 1.807) is 6.33 Å². The van der Waals surface area contributed by atoms with Gasteiger partial charge in [0.2, 0.25) is 0 Å². The molecular formula is C18H22N4O. The van der Waals surface area contributed by atoms with E-state index >= 15 is 0 Å². The summed E-state index contributed by atoms with van der Waals surface area (Å²) >= 11 is 0. The summed E-state index contributed by atoms with van der Waals surface area (Å²) in [5.74, 6) is 1.01. The van der Waals surface area contributed by atoms with Crippen molar-refractivity contribution in [2.75, 3.05) is 18.0 Å². The van der Waals surface area contributed by atoms with E-state index in [9.17, 15) is 0 Å². The molecule has 0 bridgehead atoms. The molecule has 1 saturated heterocycles. The molecular weight excluding hydrogens is 288 g/mol. The predicted octanol–water partition coefficient (Wildman–Crippen LogP) is 3.04. The summed E-state index contributed by atoms with van der Waals surface area (Å²) in [6, 6.07) is 6.52. The second-order valence-corrected chi connectivity index (χ2v) is 6.64. The predicted molar refractivity (Wildman–Crippen MR) is 93.0 cm³/mol. The van der Waals surface area contributed by atoms with E-state index in [4.69, 9.17) is 4.74 Å². The highest BCUT2D eigenvalue weighted by molar-refractivity contribution is 6.09. The topological polar surface area (TPSA) is 43.2 Å². The fourth-order valence-electron chi connectivity index (χ4n) is 3.71. The van der Waals surface area contributed by atoms with Crippen LogP contribution in [0.3, 0.4) is 0 Å². The van der Waals surface area contributed by atoms with Crippen LogP contribution in [0.4, 0.5) is 5.82 Å². The van der Waals surface area contributed by atoms with Crippen LogP contribution in [0.25, 0.3) is 21.9 Å². The van der Waals surface area contributed by atoms with Gasteiger partial charge in [0.25, 0.3) is 0 Å². The van der Waals surface area contributed by atoms with Gasteiger partial charge in [-0.2, -0.15) is 0 Å². The Kier molecular flexibility index (Phi) is 3.27. The molecule has 1 aliphatic rings. The minimum atomic E-state index is 0.209. The molecule has 3 heterocycles. The van der Waals surface area contributed by atoms with Crippen LogP contribution in [0, 0.1) is 6.92 Å². The number of ether oxygens (including phenoxy) is 1. The van der Waals surface area contributed by atoms with Crippen molar-refractivity contribution < 1.29 is 4.74 Å². The van der Waals surface area contributed by atoms with Crippen molar-refractivity contribution in [1.82, 2.24) is 14.5 Å². The lowest BCUT2D eigenvalue weighted by atomic mass is 10.1. The van der Waals surface area contributed by atoms with Crippen molar-refractivity contribution in [1.29, 1.82) is 0 Å². The Morgan fingerprint density at radius 3 is 2.61 bits per heavy atom. The minimum Gasteiger partial charge on any atom is -0.372 e. The van der Waals surface area contributed by atoms with Crippen LogP contribution in [-0.4, -0.2) is 39.8 Å². The normalized spacial score (nSPS) is 22.2. The maximum atomic E-state index is 5.86. The van der Waals surface area contributed by atoms with E-state index in [0.29, 0.717) is 0 Å². The number of rotatable bonds is 1. The van der Waals surface area contributed by atoms with Crippen LogP contribution in [0.15, 0.2) is 24.5 Å². The quantitative estimate of drug-likeness (QED) is 0.693. The molecule has 0 N–H and O–H groups in total. The van der Waals surface area contributed by atoms with Gasteiger partial charge in [-0.3, -0.25) is 0 Å². The number of aryl methyl sites for hydroxylation is 2. The zero-order valence-corrected chi connectivity index (χ0v) is 14.1. The number of fused-ring (bicyclic) bond motifs is 3. The molecule has 0 amide bonds. The van der Waals surface area contributed by atoms with E-state index in [1.807, 2.05) is 0 Å². The first kappa shape index (κ1) is 14.5. The van der Waals surface area contributed by atoms with Gasteiger partial charge in [-0.15, -0.1) is 0 Å². The largest absolute Gasteiger partial charge is 0.372 e. The van der Waals surface area contributed by atoms with Crippen molar-refractivity contribution in [3.63, 3.8) is 0 Å². The maximum Gasteiger partial charge on any atom is 0.156 e. The molecule has 0 spiro atoms. The van der Waals surface area contributed by atoms with Crippen LogP contribution in [0.1, 0.15) is 19.4 Å². The third-order valence-corrected chi connectivity index (χ3v) is 4.63. The summed E-state index contributed by atoms with van der Waals surface area (Å²) in [6.07, 6.45) is 2.10. The summed E-state index contributed by atoms with van der Waals surface area (Å²) < 4.78 is 8.08. The smallest absolute Gasteiger partial charge is 0.156 e. The number of aromatic nitrogens is 3. The number of hydrogen-bond acceptors (Lipinski definition) is 4. The summed E-state index contributed by atoms with van der Waals surface area (Å²) in [5.41, 5.74) is 4.58. The number of anilines is 1. The molecule has 5 heteroatoms. The number of morpholine rings is 1. The SMILES string of the molecule is Cc1ccc2c(c1)c1ncnc(N3C[C@@H](C)O[C@H](C)C3)c1n2C. The van der Waals surface area contributed by atoms with Crippen molar-refractivity contribution in [2.24, 2.45) is 7.05 Å². The lowest BCUT2D eigenvalue weighted by Gasteiger charge is -2.36. The Hall–Kier alpha value is -2.14. The second kappa shape index (κ2) is 5.20. The Labute approximate surface area is 135 Å². The Morgan fingerprint density at radius 2 is 1.87 bits per heavy atom. The molecule has 3 aromatic rings. The molecule has 4 rings (SSSR count). The molecule has 1 aliphatic heterocycles. The van der Waals surface area contributed by atoms with Crippen molar-refractivity contribution >= 4 is 27.8 Å². The van der Waals surface area contributed by atoms with E-state index in [-0.39, 0.29) is 12.2 Å². The lowest BCUT2D eigenvalue weighted by molar-refractivity contribution is -0.00538. The van der Waals surface area contributed by atoms with Crippen LogP contribution in [0.5, 0.6) is 0 Å². The highest BCUT2D eigenvalue weighted by Gasteiger charge is 2.26. The van der Waals surface area contributed by atoms with Gasteiger partial charge in [-0.25, -0.2) is 9.97 Å². The van der Waals surface area contributed by atoms with Crippen LogP contribution < -0.4 is 4.90 Å². The fraction of sp³-hybridized carbons (Fsp3) is 0.444. The monoisotopic (exact) mass is 310 g/mol. The lowest BCUT2D eigenvalue weighted by Crippen LogP contribution is -2.46. The van der Waals surface area contributed by atoms with Crippen molar-refractivity contribution in [3.8, 4) is 0 Å². The van der Waals surface area contributed by atoms with Crippen LogP contribution in [-0.2, 0) is 11.8 Å². The maximum absolute atomic E-state index is 5.86. The zero-order valence-electron chi connectivity index (χ0n) is 14.1. The van der Waals surface area contributed by atoms with E-state index in [1.165, 1.54) is 16.5 Å². The van der Waals surface area contributed by atoms with Gasteiger partial charge < -0.3 is 14.2 Å². The van der Waals surface area contributed by atoms with Crippen molar-refractivity contribution in [2.45, 2.75) is 33.0 Å². The second-order valence-electron chi connectivity index (χ2n) is 6.64. The Balaban J connectivity index is 1.96. The molecule has 1 aromatic carbocycles. The first-order chi connectivity index (χ1) is 11.0.